The largest absolute Gasteiger partial charge is 0.348 e. The number of fused-ring (bicyclic) bond motifs is 12. The minimum Gasteiger partial charge on any atom is -0.348 e. The molecule has 0 bridgehead atoms. The molecule has 0 saturated heterocycles. The first-order valence-corrected chi connectivity index (χ1v) is 26.5. The van der Waals surface area contributed by atoms with Crippen molar-refractivity contribution in [2.75, 3.05) is 16.8 Å². The lowest BCUT2D eigenvalue weighted by molar-refractivity contribution is 0.720. The molecule has 0 radical (unpaired) electrons. The second-order valence-electron chi connectivity index (χ2n) is 20.8. The van der Waals surface area contributed by atoms with Gasteiger partial charge >= 0.3 is 0 Å². The van der Waals surface area contributed by atoms with Gasteiger partial charge < -0.3 is 9.80 Å². The average molecular weight is 965 g/mol. The van der Waals surface area contributed by atoms with Gasteiger partial charge in [-0.15, -0.1) is 0 Å². The molecule has 75 heavy (non-hydrogen) atoms. The number of aryl methyl sites for hydroxylation is 1. The van der Waals surface area contributed by atoms with Crippen LogP contribution in [-0.4, -0.2) is 16.6 Å². The Hall–Kier alpha value is -8.99. The molecule has 0 spiro atoms. The number of nitrogens with zero attached hydrogens (tertiary/aromatic N) is 4. The van der Waals surface area contributed by atoms with E-state index in [-0.39, 0.29) is 6.17 Å². The van der Waals surface area contributed by atoms with Crippen LogP contribution in [0.25, 0.3) is 89.3 Å². The summed E-state index contributed by atoms with van der Waals surface area (Å²) in [6, 6.07) is 74.0. The monoisotopic (exact) mass is 964 g/mol. The maximum atomic E-state index is 5.81. The molecule has 3 atom stereocenters. The van der Waals surface area contributed by atoms with Gasteiger partial charge in [0.25, 0.3) is 0 Å². The Morgan fingerprint density at radius 3 is 1.97 bits per heavy atom. The van der Waals surface area contributed by atoms with Gasteiger partial charge in [-0.3, -0.25) is 4.57 Å². The van der Waals surface area contributed by atoms with Crippen LogP contribution in [0.2, 0.25) is 0 Å². The fourth-order valence-electron chi connectivity index (χ4n) is 12.6. The maximum Gasteiger partial charge on any atom is 0.146 e. The summed E-state index contributed by atoms with van der Waals surface area (Å²) >= 11 is 0. The third-order valence-electron chi connectivity index (χ3n) is 16.1. The third-order valence-corrected chi connectivity index (χ3v) is 16.1. The van der Waals surface area contributed by atoms with Crippen LogP contribution in [0.1, 0.15) is 52.9 Å². The van der Waals surface area contributed by atoms with Crippen molar-refractivity contribution in [1.82, 2.24) is 9.55 Å². The molecule has 0 N–H and O–H groups in total. The van der Waals surface area contributed by atoms with Gasteiger partial charge in [0.1, 0.15) is 12.0 Å². The molecule has 3 aliphatic rings. The Kier molecular flexibility index (Phi) is 10.8. The van der Waals surface area contributed by atoms with E-state index < -0.39 is 0 Å². The van der Waals surface area contributed by atoms with Crippen molar-refractivity contribution in [2.45, 2.75) is 32.9 Å². The maximum absolute atomic E-state index is 5.81. The summed E-state index contributed by atoms with van der Waals surface area (Å²) in [4.78, 5) is 10.9. The van der Waals surface area contributed by atoms with E-state index in [1.165, 1.54) is 88.3 Å². The first-order chi connectivity index (χ1) is 37.0. The second kappa shape index (κ2) is 18.2. The Morgan fingerprint density at radius 1 is 0.587 bits per heavy atom. The highest BCUT2D eigenvalue weighted by Gasteiger charge is 2.39. The zero-order valence-corrected chi connectivity index (χ0v) is 42.5. The first kappa shape index (κ1) is 44.7. The molecule has 0 fully saturated rings. The van der Waals surface area contributed by atoms with Crippen molar-refractivity contribution >= 4 is 78.1 Å². The predicted octanol–water partition coefficient (Wildman–Crippen LogP) is 18.3. The number of allylic oxidation sites excluding steroid dienone is 6. The van der Waals surface area contributed by atoms with Crippen LogP contribution in [0.15, 0.2) is 231 Å². The summed E-state index contributed by atoms with van der Waals surface area (Å²) in [5, 5.41) is 7.57. The smallest absolute Gasteiger partial charge is 0.146 e. The van der Waals surface area contributed by atoms with Gasteiger partial charge in [0.15, 0.2) is 0 Å². The molecule has 2 heterocycles. The van der Waals surface area contributed by atoms with Gasteiger partial charge in [-0.1, -0.05) is 225 Å². The molecule has 2 aliphatic carbocycles. The van der Waals surface area contributed by atoms with Crippen molar-refractivity contribution in [3.63, 3.8) is 0 Å². The van der Waals surface area contributed by atoms with Crippen molar-refractivity contribution < 1.29 is 0 Å². The van der Waals surface area contributed by atoms with E-state index in [0.29, 0.717) is 11.8 Å². The summed E-state index contributed by atoms with van der Waals surface area (Å²) in [7, 11) is 2.27. The highest BCUT2D eigenvalue weighted by molar-refractivity contribution is 6.22. The Bertz CT molecular complexity index is 4170. The van der Waals surface area contributed by atoms with Crippen LogP contribution in [0.3, 0.4) is 0 Å². The molecule has 3 unspecified atom stereocenters. The average Bonchev–Trinajstić information content (AvgIpc) is 4.04. The lowest BCUT2D eigenvalue weighted by Gasteiger charge is -2.32. The minimum absolute atomic E-state index is 0.109. The summed E-state index contributed by atoms with van der Waals surface area (Å²) in [6.07, 6.45) is 17.9. The topological polar surface area (TPSA) is 24.3 Å². The molecule has 1 aliphatic heterocycles. The lowest BCUT2D eigenvalue weighted by Crippen LogP contribution is -2.30. The Balaban J connectivity index is 0.938. The lowest BCUT2D eigenvalue weighted by atomic mass is 9.86. The van der Waals surface area contributed by atoms with E-state index in [4.69, 9.17) is 4.98 Å². The van der Waals surface area contributed by atoms with Gasteiger partial charge in [-0.25, -0.2) is 4.98 Å². The fraction of sp³-hybridized carbons (Fsp3) is 0.113. The molecular weight excluding hydrogens is 909 g/mol. The SMILES string of the molecule is Cc1cccc(N2c3c(c4ccccc4c4ccccc34)N(C)C2c2ccc(-n3c(-c4ccccc4-c4ccc(/C=C(\c5ccccc5)C5C=CC=CC5)cc4)nc4c5c(c6ccccc6c43)CC(C)C=C5)cc2)c1. The molecule has 360 valence electrons. The Labute approximate surface area is 439 Å². The van der Waals surface area contributed by atoms with Gasteiger partial charge in [0.2, 0.25) is 0 Å². The summed E-state index contributed by atoms with van der Waals surface area (Å²) in [6.45, 7) is 4.51. The third kappa shape index (κ3) is 7.46. The predicted molar refractivity (Wildman–Crippen MR) is 318 cm³/mol. The van der Waals surface area contributed by atoms with Crippen LogP contribution in [0, 0.1) is 18.8 Å². The van der Waals surface area contributed by atoms with E-state index >= 15 is 0 Å². The number of aromatic nitrogens is 2. The standard InChI is InChI=1S/C71H56N4/c1-46-19-18-24-54(43-46)75-69-62-31-16-12-27-57(62)56-26-11-15-30-61(56)68(69)73(3)71(75)52-38-40-53(41-39-52)74-67-60-29-14-13-28-58(60)65-44-47(2)33-42-59(65)66(67)72-70(74)63-32-17-10-25-55(63)51-36-34-48(35-37-51)45-64(49-20-6-4-7-21-49)50-22-8-5-9-23-50/h4-22,24-43,45,47,50,71H,23,44H2,1-3H3/b64-45+. The van der Waals surface area contributed by atoms with E-state index in [1.807, 2.05) is 0 Å². The zero-order valence-electron chi connectivity index (χ0n) is 42.5. The summed E-state index contributed by atoms with van der Waals surface area (Å²) in [5.41, 5.74) is 19.1. The molecular formula is C71H56N4. The number of anilines is 3. The first-order valence-electron chi connectivity index (χ1n) is 26.5. The highest BCUT2D eigenvalue weighted by atomic mass is 15.4. The Morgan fingerprint density at radius 2 is 1.25 bits per heavy atom. The van der Waals surface area contributed by atoms with Crippen LogP contribution in [-0.2, 0) is 6.42 Å². The zero-order chi connectivity index (χ0) is 50.1. The van der Waals surface area contributed by atoms with Gasteiger partial charge in [0.05, 0.1) is 22.4 Å². The van der Waals surface area contributed by atoms with E-state index in [2.05, 4.69) is 278 Å². The van der Waals surface area contributed by atoms with Crippen LogP contribution in [0.5, 0.6) is 0 Å². The number of benzene rings is 10. The van der Waals surface area contributed by atoms with Gasteiger partial charge in [-0.05, 0) is 111 Å². The molecule has 11 aromatic rings. The normalized spacial score (nSPS) is 17.2. The molecule has 4 heteroatoms. The highest BCUT2D eigenvalue weighted by Crippen LogP contribution is 2.56. The second-order valence-corrected chi connectivity index (χ2v) is 20.8. The molecule has 0 saturated carbocycles. The van der Waals surface area contributed by atoms with Crippen molar-refractivity contribution in [1.29, 1.82) is 0 Å². The number of imidazole rings is 1. The fourth-order valence-corrected chi connectivity index (χ4v) is 12.6. The molecule has 10 aromatic carbocycles. The summed E-state index contributed by atoms with van der Waals surface area (Å²) in [5.74, 6) is 1.69. The van der Waals surface area contributed by atoms with Gasteiger partial charge in [0, 0.05) is 51.6 Å². The van der Waals surface area contributed by atoms with Gasteiger partial charge in [-0.2, -0.15) is 0 Å². The number of rotatable bonds is 8. The molecule has 0 amide bonds. The van der Waals surface area contributed by atoms with Crippen LogP contribution >= 0.6 is 0 Å². The van der Waals surface area contributed by atoms with Crippen LogP contribution < -0.4 is 9.80 Å². The minimum atomic E-state index is -0.109. The van der Waals surface area contributed by atoms with E-state index in [9.17, 15) is 0 Å². The van der Waals surface area contributed by atoms with Crippen molar-refractivity contribution in [3.05, 3.63) is 264 Å². The van der Waals surface area contributed by atoms with Crippen molar-refractivity contribution in [2.24, 2.45) is 11.8 Å². The van der Waals surface area contributed by atoms with Crippen molar-refractivity contribution in [3.8, 4) is 28.2 Å². The quantitative estimate of drug-likeness (QED) is 0.112. The van der Waals surface area contributed by atoms with E-state index in [0.717, 1.165) is 52.1 Å². The number of hydrogen-bond acceptors (Lipinski definition) is 3. The molecule has 14 rings (SSSR count). The molecule has 1 aromatic heterocycles. The summed E-state index contributed by atoms with van der Waals surface area (Å²) < 4.78 is 2.45. The number of hydrogen-bond donors (Lipinski definition) is 0. The molecule has 4 nitrogen and oxygen atoms in total. The van der Waals surface area contributed by atoms with E-state index in [1.54, 1.807) is 0 Å². The van der Waals surface area contributed by atoms with Crippen LogP contribution in [0.4, 0.5) is 17.1 Å².